The third kappa shape index (κ3) is 5.80. The van der Waals surface area contributed by atoms with E-state index in [1.165, 1.54) is 17.7 Å². The highest BCUT2D eigenvalue weighted by atomic mass is 32.2. The van der Waals surface area contributed by atoms with E-state index in [-0.39, 0.29) is 11.9 Å². The molecule has 0 amide bonds. The highest BCUT2D eigenvalue weighted by molar-refractivity contribution is 7.98. The Morgan fingerprint density at radius 1 is 0.970 bits per heavy atom. The topological polar surface area (TPSA) is 56.1 Å². The van der Waals surface area contributed by atoms with Gasteiger partial charge in [0.15, 0.2) is 5.16 Å². The number of ether oxygens (including phenoxy) is 1. The van der Waals surface area contributed by atoms with Crippen molar-refractivity contribution in [3.8, 4) is 0 Å². The minimum atomic E-state index is -0.206. The van der Waals surface area contributed by atoms with Crippen LogP contribution in [0, 0.1) is 5.82 Å². The van der Waals surface area contributed by atoms with Gasteiger partial charge in [0.2, 0.25) is 0 Å². The van der Waals surface area contributed by atoms with Crippen molar-refractivity contribution in [2.24, 2.45) is 0 Å². The molecule has 174 valence electrons. The third-order valence-corrected chi connectivity index (χ3v) is 7.58. The van der Waals surface area contributed by atoms with Crippen molar-refractivity contribution in [1.29, 1.82) is 0 Å². The standard InChI is InChI=1S/C25H30FN5OS/c26-22-5-3-20(4-6-22)18-33-25-29-28-24(31(25)17-23-2-1-15-32-23)21-9-13-30(14-10-21)16-19-7-11-27-12-8-19/h3-8,11-12,21,23H,1-2,9-10,13-18H2/t23-/m1/s1. The van der Waals surface area contributed by atoms with Crippen LogP contribution in [0.3, 0.4) is 0 Å². The van der Waals surface area contributed by atoms with Gasteiger partial charge in [-0.25, -0.2) is 4.39 Å². The zero-order valence-electron chi connectivity index (χ0n) is 18.8. The summed E-state index contributed by atoms with van der Waals surface area (Å²) >= 11 is 1.67. The molecule has 3 aromatic rings. The molecular weight excluding hydrogens is 437 g/mol. The van der Waals surface area contributed by atoms with Gasteiger partial charge in [0.05, 0.1) is 12.6 Å². The molecule has 0 saturated carbocycles. The minimum Gasteiger partial charge on any atom is -0.376 e. The molecule has 2 aliphatic rings. The van der Waals surface area contributed by atoms with Crippen molar-refractivity contribution in [3.63, 3.8) is 0 Å². The smallest absolute Gasteiger partial charge is 0.191 e. The summed E-state index contributed by atoms with van der Waals surface area (Å²) in [6, 6.07) is 10.9. The molecule has 1 atom stereocenters. The lowest BCUT2D eigenvalue weighted by Crippen LogP contribution is -2.33. The molecule has 0 radical (unpaired) electrons. The van der Waals surface area contributed by atoms with E-state index in [9.17, 15) is 4.39 Å². The van der Waals surface area contributed by atoms with Gasteiger partial charge >= 0.3 is 0 Å². The fraction of sp³-hybridized carbons (Fsp3) is 0.480. The molecule has 0 spiro atoms. The van der Waals surface area contributed by atoms with Gasteiger partial charge in [0.1, 0.15) is 11.6 Å². The van der Waals surface area contributed by atoms with Crippen molar-refractivity contribution in [2.75, 3.05) is 19.7 Å². The van der Waals surface area contributed by atoms with Crippen LogP contribution in [0.5, 0.6) is 0 Å². The third-order valence-electron chi connectivity index (χ3n) is 6.55. The van der Waals surface area contributed by atoms with Crippen LogP contribution in [-0.4, -0.2) is 50.4 Å². The lowest BCUT2D eigenvalue weighted by molar-refractivity contribution is 0.0931. The average molecular weight is 468 g/mol. The Kier molecular flexibility index (Phi) is 7.34. The van der Waals surface area contributed by atoms with Crippen molar-refractivity contribution in [3.05, 3.63) is 71.6 Å². The summed E-state index contributed by atoms with van der Waals surface area (Å²) < 4.78 is 21.5. The minimum absolute atomic E-state index is 0.206. The molecule has 0 aliphatic carbocycles. The van der Waals surface area contributed by atoms with Crippen LogP contribution in [0.2, 0.25) is 0 Å². The van der Waals surface area contributed by atoms with E-state index in [0.29, 0.717) is 5.92 Å². The zero-order chi connectivity index (χ0) is 22.5. The van der Waals surface area contributed by atoms with Crippen LogP contribution >= 0.6 is 11.8 Å². The quantitative estimate of drug-likeness (QED) is 0.449. The summed E-state index contributed by atoms with van der Waals surface area (Å²) in [5, 5.41) is 10.2. The summed E-state index contributed by atoms with van der Waals surface area (Å²) in [7, 11) is 0. The highest BCUT2D eigenvalue weighted by Gasteiger charge is 2.28. The van der Waals surface area contributed by atoms with Crippen LogP contribution < -0.4 is 0 Å². The first-order chi connectivity index (χ1) is 16.2. The molecule has 0 unspecified atom stereocenters. The molecule has 0 N–H and O–H groups in total. The van der Waals surface area contributed by atoms with E-state index < -0.39 is 0 Å². The predicted molar refractivity (Wildman–Crippen MR) is 126 cm³/mol. The predicted octanol–water partition coefficient (Wildman–Crippen LogP) is 4.66. The Balaban J connectivity index is 1.26. The molecule has 2 aliphatic heterocycles. The summed E-state index contributed by atoms with van der Waals surface area (Å²) in [6.45, 7) is 4.73. The van der Waals surface area contributed by atoms with E-state index in [1.807, 2.05) is 24.5 Å². The van der Waals surface area contributed by atoms with Gasteiger partial charge in [-0.3, -0.25) is 9.88 Å². The van der Waals surface area contributed by atoms with Crippen molar-refractivity contribution in [2.45, 2.75) is 61.7 Å². The number of hydrogen-bond acceptors (Lipinski definition) is 6. The van der Waals surface area contributed by atoms with Crippen molar-refractivity contribution < 1.29 is 9.13 Å². The Morgan fingerprint density at radius 2 is 1.76 bits per heavy atom. The van der Waals surface area contributed by atoms with Gasteiger partial charge in [-0.15, -0.1) is 10.2 Å². The molecular formula is C25H30FN5OS. The first-order valence-corrected chi connectivity index (χ1v) is 12.8. The van der Waals surface area contributed by atoms with E-state index in [2.05, 4.69) is 36.8 Å². The number of benzene rings is 1. The van der Waals surface area contributed by atoms with Crippen LogP contribution in [0.15, 0.2) is 53.9 Å². The largest absolute Gasteiger partial charge is 0.376 e. The van der Waals surface area contributed by atoms with Crippen LogP contribution in [0.25, 0.3) is 0 Å². The fourth-order valence-corrected chi connectivity index (χ4v) is 5.61. The van der Waals surface area contributed by atoms with Crippen LogP contribution in [-0.2, 0) is 23.6 Å². The first-order valence-electron chi connectivity index (χ1n) is 11.8. The Labute approximate surface area is 198 Å². The maximum atomic E-state index is 13.2. The molecule has 0 bridgehead atoms. The van der Waals surface area contributed by atoms with Gasteiger partial charge in [-0.1, -0.05) is 23.9 Å². The van der Waals surface area contributed by atoms with Gasteiger partial charge in [-0.05, 0) is 74.2 Å². The highest BCUT2D eigenvalue weighted by Crippen LogP contribution is 2.32. The maximum Gasteiger partial charge on any atom is 0.191 e. The molecule has 2 aromatic heterocycles. The molecule has 2 fully saturated rings. The Hall–Kier alpha value is -2.29. The number of halogens is 1. The number of nitrogens with zero attached hydrogens (tertiary/aromatic N) is 5. The second-order valence-corrected chi connectivity index (χ2v) is 9.85. The molecule has 6 nitrogen and oxygen atoms in total. The number of pyridine rings is 1. The van der Waals surface area contributed by atoms with E-state index in [0.717, 1.165) is 80.8 Å². The second kappa shape index (κ2) is 10.8. The zero-order valence-corrected chi connectivity index (χ0v) is 19.6. The fourth-order valence-electron chi connectivity index (χ4n) is 4.70. The maximum absolute atomic E-state index is 13.2. The number of rotatable bonds is 8. The normalized spacial score (nSPS) is 19.8. The van der Waals surface area contributed by atoms with E-state index in [4.69, 9.17) is 4.74 Å². The summed E-state index contributed by atoms with van der Waals surface area (Å²) in [4.78, 5) is 6.63. The number of likely N-dealkylation sites (tertiary alicyclic amines) is 1. The lowest BCUT2D eigenvalue weighted by Gasteiger charge is -2.32. The van der Waals surface area contributed by atoms with Gasteiger partial charge in [0.25, 0.3) is 0 Å². The average Bonchev–Trinajstić information content (AvgIpc) is 3.51. The lowest BCUT2D eigenvalue weighted by atomic mass is 9.95. The molecule has 33 heavy (non-hydrogen) atoms. The summed E-state index contributed by atoms with van der Waals surface area (Å²) in [6.07, 6.45) is 8.32. The monoisotopic (exact) mass is 467 g/mol. The summed E-state index contributed by atoms with van der Waals surface area (Å²) in [5.41, 5.74) is 2.39. The number of aromatic nitrogens is 4. The Bertz CT molecular complexity index is 1020. The van der Waals surface area contributed by atoms with Crippen molar-refractivity contribution >= 4 is 11.8 Å². The number of piperidine rings is 1. The van der Waals surface area contributed by atoms with Gasteiger partial charge < -0.3 is 9.30 Å². The first kappa shape index (κ1) is 22.5. The van der Waals surface area contributed by atoms with E-state index in [1.54, 1.807) is 11.8 Å². The molecule has 5 rings (SSSR count). The molecule has 2 saturated heterocycles. The SMILES string of the molecule is Fc1ccc(CSc2nnc(C3CCN(Cc4ccncc4)CC3)n2C[C@H]2CCCO2)cc1. The van der Waals surface area contributed by atoms with Gasteiger partial charge in [-0.2, -0.15) is 0 Å². The molecule has 1 aromatic carbocycles. The summed E-state index contributed by atoms with van der Waals surface area (Å²) in [5.74, 6) is 2.04. The van der Waals surface area contributed by atoms with Gasteiger partial charge in [0, 0.05) is 37.2 Å². The van der Waals surface area contributed by atoms with E-state index >= 15 is 0 Å². The molecule has 4 heterocycles. The number of thioether (sulfide) groups is 1. The van der Waals surface area contributed by atoms with Crippen LogP contribution in [0.4, 0.5) is 4.39 Å². The number of hydrogen-bond donors (Lipinski definition) is 0. The molecule has 8 heteroatoms. The van der Waals surface area contributed by atoms with Crippen molar-refractivity contribution in [1.82, 2.24) is 24.6 Å². The van der Waals surface area contributed by atoms with Crippen LogP contribution in [0.1, 0.15) is 48.6 Å². The Morgan fingerprint density at radius 3 is 2.48 bits per heavy atom. The second-order valence-electron chi connectivity index (χ2n) is 8.91.